The zero-order valence-electron chi connectivity index (χ0n) is 10.5. The third kappa shape index (κ3) is 3.99. The molecule has 104 valence electrons. The summed E-state index contributed by atoms with van der Waals surface area (Å²) in [6.07, 6.45) is 3.66. The first kappa shape index (κ1) is 14.4. The first-order valence-corrected chi connectivity index (χ1v) is 7.66. The van der Waals surface area contributed by atoms with Gasteiger partial charge in [-0.1, -0.05) is 18.0 Å². The number of rotatable bonds is 4. The van der Waals surface area contributed by atoms with Gasteiger partial charge >= 0.3 is 0 Å². The highest BCUT2D eigenvalue weighted by molar-refractivity contribution is 7.99. The second-order valence-electron chi connectivity index (χ2n) is 4.37. The van der Waals surface area contributed by atoms with Gasteiger partial charge in [-0.3, -0.25) is 4.79 Å². The molecule has 5 nitrogen and oxygen atoms in total. The lowest BCUT2D eigenvalue weighted by Crippen LogP contribution is -2.32. The summed E-state index contributed by atoms with van der Waals surface area (Å²) < 4.78 is 0. The van der Waals surface area contributed by atoms with E-state index in [1.165, 1.54) is 18.6 Å². The number of hydrogen-bond acceptors (Lipinski definition) is 5. The zero-order chi connectivity index (χ0) is 13.7. The largest absolute Gasteiger partial charge is 0.350 e. The van der Waals surface area contributed by atoms with Crippen LogP contribution in [0.25, 0.3) is 0 Å². The molecule has 0 aliphatic carbocycles. The quantitative estimate of drug-likeness (QED) is 0.586. The lowest BCUT2D eigenvalue weighted by atomic mass is 10.2. The lowest BCUT2D eigenvalue weighted by Gasteiger charge is -2.21. The topological polar surface area (TPSA) is 80.0 Å². The van der Waals surface area contributed by atoms with E-state index in [1.54, 1.807) is 12.1 Å². The van der Waals surface area contributed by atoms with Crippen molar-refractivity contribution in [1.82, 2.24) is 10.3 Å². The molecule has 2 heterocycles. The Bertz CT molecular complexity index is 451. The van der Waals surface area contributed by atoms with Crippen LogP contribution in [-0.2, 0) is 0 Å². The zero-order valence-corrected chi connectivity index (χ0v) is 12.1. The Morgan fingerprint density at radius 2 is 2.37 bits per heavy atom. The maximum Gasteiger partial charge on any atom is 0.271 e. The van der Waals surface area contributed by atoms with Crippen molar-refractivity contribution < 1.29 is 4.79 Å². The smallest absolute Gasteiger partial charge is 0.271 e. The number of anilines is 1. The summed E-state index contributed by atoms with van der Waals surface area (Å²) in [5.41, 5.74) is 2.61. The van der Waals surface area contributed by atoms with Crippen LogP contribution in [0.3, 0.4) is 0 Å². The molecule has 4 N–H and O–H groups in total. The van der Waals surface area contributed by atoms with Gasteiger partial charge in [0.15, 0.2) is 0 Å². The fraction of sp³-hybridized carbons (Fsp3) is 0.500. The molecule has 1 atom stereocenters. The number of nitrogen functional groups attached to an aromatic ring is 1. The molecule has 2 rings (SSSR count). The van der Waals surface area contributed by atoms with Gasteiger partial charge in [0.2, 0.25) is 0 Å². The molecule has 19 heavy (non-hydrogen) atoms. The minimum atomic E-state index is -0.256. The summed E-state index contributed by atoms with van der Waals surface area (Å²) >= 11 is 7.88. The Balaban J connectivity index is 1.95. The van der Waals surface area contributed by atoms with E-state index in [1.807, 2.05) is 11.8 Å². The van der Waals surface area contributed by atoms with E-state index in [4.69, 9.17) is 17.4 Å². The Labute approximate surface area is 121 Å². The summed E-state index contributed by atoms with van der Waals surface area (Å²) in [6, 6.07) is 3.23. The van der Waals surface area contributed by atoms with Crippen LogP contribution in [-0.4, -0.2) is 28.4 Å². The molecule has 1 aromatic heterocycles. The number of halogens is 1. The van der Waals surface area contributed by atoms with Crippen LogP contribution in [0.4, 0.5) is 5.82 Å². The highest BCUT2D eigenvalue weighted by Crippen LogP contribution is 2.24. The van der Waals surface area contributed by atoms with Crippen LogP contribution in [0, 0.1) is 0 Å². The Kier molecular flexibility index (Phi) is 5.30. The lowest BCUT2D eigenvalue weighted by molar-refractivity contribution is 0.0948. The number of nitrogens with zero attached hydrogens (tertiary/aromatic N) is 1. The minimum absolute atomic E-state index is 0.206. The van der Waals surface area contributed by atoms with Crippen molar-refractivity contribution >= 4 is 35.1 Å². The number of thioether (sulfide) groups is 1. The van der Waals surface area contributed by atoms with E-state index in [9.17, 15) is 4.79 Å². The normalized spacial score (nSPS) is 18.9. The van der Waals surface area contributed by atoms with Crippen molar-refractivity contribution in [2.45, 2.75) is 24.5 Å². The molecular formula is C12H17ClN4OS. The third-order valence-corrected chi connectivity index (χ3v) is 4.68. The molecule has 0 spiro atoms. The van der Waals surface area contributed by atoms with Crippen LogP contribution in [0.2, 0.25) is 5.02 Å². The number of hydrazine groups is 1. The second kappa shape index (κ2) is 6.98. The number of carbonyl (C=O) groups excluding carboxylic acids is 1. The van der Waals surface area contributed by atoms with E-state index in [0.717, 1.165) is 6.42 Å². The van der Waals surface area contributed by atoms with E-state index >= 15 is 0 Å². The van der Waals surface area contributed by atoms with Crippen molar-refractivity contribution in [2.24, 2.45) is 5.84 Å². The average molecular weight is 301 g/mol. The van der Waals surface area contributed by atoms with Crippen molar-refractivity contribution in [3.8, 4) is 0 Å². The van der Waals surface area contributed by atoms with Gasteiger partial charge in [0.1, 0.15) is 11.5 Å². The van der Waals surface area contributed by atoms with Crippen molar-refractivity contribution in [3.05, 3.63) is 22.8 Å². The van der Waals surface area contributed by atoms with Gasteiger partial charge in [-0.2, -0.15) is 11.8 Å². The molecule has 1 amide bonds. The third-order valence-electron chi connectivity index (χ3n) is 2.97. The Morgan fingerprint density at radius 3 is 3.05 bits per heavy atom. The van der Waals surface area contributed by atoms with E-state index in [-0.39, 0.29) is 11.6 Å². The molecule has 1 fully saturated rings. The summed E-state index contributed by atoms with van der Waals surface area (Å²) in [5, 5.41) is 3.71. The molecule has 1 aromatic rings. The molecule has 1 saturated heterocycles. The van der Waals surface area contributed by atoms with Crippen LogP contribution < -0.4 is 16.6 Å². The van der Waals surface area contributed by atoms with Gasteiger partial charge in [0.25, 0.3) is 5.91 Å². The summed E-state index contributed by atoms with van der Waals surface area (Å²) in [6.45, 7) is 0.655. The van der Waals surface area contributed by atoms with Crippen molar-refractivity contribution in [3.63, 3.8) is 0 Å². The maximum absolute atomic E-state index is 12.0. The number of aromatic nitrogens is 1. The van der Waals surface area contributed by atoms with E-state index < -0.39 is 0 Å². The highest BCUT2D eigenvalue weighted by atomic mass is 35.5. The first-order valence-electron chi connectivity index (χ1n) is 6.23. The van der Waals surface area contributed by atoms with Gasteiger partial charge < -0.3 is 10.7 Å². The number of pyridine rings is 1. The fourth-order valence-electron chi connectivity index (χ4n) is 1.94. The predicted octanol–water partition coefficient (Wildman–Crippen LogP) is 2.04. The molecule has 0 saturated carbocycles. The van der Waals surface area contributed by atoms with Gasteiger partial charge in [0, 0.05) is 11.8 Å². The number of nitrogens with two attached hydrogens (primary N) is 1. The molecule has 1 aliphatic rings. The number of nitrogens with one attached hydrogen (secondary N) is 2. The van der Waals surface area contributed by atoms with Crippen molar-refractivity contribution in [1.29, 1.82) is 0 Å². The molecule has 1 aliphatic heterocycles. The van der Waals surface area contributed by atoms with Gasteiger partial charge in [0.05, 0.1) is 5.02 Å². The van der Waals surface area contributed by atoms with Crippen LogP contribution in [0.15, 0.2) is 12.1 Å². The molecule has 0 radical (unpaired) electrons. The second-order valence-corrected chi connectivity index (χ2v) is 6.19. The fourth-order valence-corrected chi connectivity index (χ4v) is 3.37. The number of carbonyl (C=O) groups is 1. The first-order chi connectivity index (χ1) is 9.20. The van der Waals surface area contributed by atoms with Gasteiger partial charge in [-0.05, 0) is 30.7 Å². The van der Waals surface area contributed by atoms with Gasteiger partial charge in [-0.25, -0.2) is 10.8 Å². The van der Waals surface area contributed by atoms with Crippen LogP contribution in [0.1, 0.15) is 29.8 Å². The van der Waals surface area contributed by atoms with Crippen LogP contribution in [0.5, 0.6) is 0 Å². The number of amides is 1. The highest BCUT2D eigenvalue weighted by Gasteiger charge is 2.17. The van der Waals surface area contributed by atoms with E-state index in [2.05, 4.69) is 15.7 Å². The summed E-state index contributed by atoms with van der Waals surface area (Å²) in [7, 11) is 0. The summed E-state index contributed by atoms with van der Waals surface area (Å²) in [4.78, 5) is 16.1. The summed E-state index contributed by atoms with van der Waals surface area (Å²) in [5.74, 6) is 6.60. The SMILES string of the molecule is NNc1ccc(Cl)c(C(=O)NCC2CCCCS2)n1. The van der Waals surface area contributed by atoms with Gasteiger partial charge in [-0.15, -0.1) is 0 Å². The standard InChI is InChI=1S/C12H17ClN4OS/c13-9-4-5-10(17-14)16-11(9)12(18)15-7-8-3-1-2-6-19-8/h4-5,8H,1-3,6-7,14H2,(H,15,18)(H,16,17). The molecule has 0 aromatic carbocycles. The Hall–Kier alpha value is -0.980. The monoisotopic (exact) mass is 300 g/mol. The van der Waals surface area contributed by atoms with E-state index in [0.29, 0.717) is 22.6 Å². The van der Waals surface area contributed by atoms with Crippen molar-refractivity contribution in [2.75, 3.05) is 17.7 Å². The number of hydrogen-bond donors (Lipinski definition) is 3. The average Bonchev–Trinajstić information content (AvgIpc) is 2.46. The Morgan fingerprint density at radius 1 is 1.53 bits per heavy atom. The predicted molar refractivity (Wildman–Crippen MR) is 79.5 cm³/mol. The molecule has 1 unspecified atom stereocenters. The molecule has 7 heteroatoms. The maximum atomic E-state index is 12.0. The molecule has 0 bridgehead atoms. The minimum Gasteiger partial charge on any atom is -0.350 e. The van der Waals surface area contributed by atoms with Crippen LogP contribution >= 0.6 is 23.4 Å². The molecular weight excluding hydrogens is 284 g/mol.